The molecule has 1 aliphatic rings. The fraction of sp³-hybridized carbons (Fsp3) is 0.455. The van der Waals surface area contributed by atoms with Crippen LogP contribution in [0.15, 0.2) is 23.9 Å². The summed E-state index contributed by atoms with van der Waals surface area (Å²) < 4.78 is 3.87. The van der Waals surface area contributed by atoms with Crippen LogP contribution in [0, 0.1) is 25.2 Å². The van der Waals surface area contributed by atoms with Gasteiger partial charge in [-0.2, -0.15) is 10.4 Å². The molecule has 2 amide bonds. The van der Waals surface area contributed by atoms with E-state index in [9.17, 15) is 14.9 Å². The fourth-order valence-electron chi connectivity index (χ4n) is 4.12. The molecule has 0 atom stereocenters. The van der Waals surface area contributed by atoms with Crippen molar-refractivity contribution in [3.8, 4) is 6.07 Å². The summed E-state index contributed by atoms with van der Waals surface area (Å²) in [6.07, 6.45) is 9.56. The first-order valence-corrected chi connectivity index (χ1v) is 10.3. The maximum atomic E-state index is 12.6. The van der Waals surface area contributed by atoms with E-state index in [1.165, 1.54) is 36.8 Å². The molecular formula is C22H28N6O2. The number of nitrogens with one attached hydrogen (secondary N) is 1. The Morgan fingerprint density at radius 1 is 1.33 bits per heavy atom. The molecule has 158 valence electrons. The van der Waals surface area contributed by atoms with E-state index in [0.717, 1.165) is 17.0 Å². The van der Waals surface area contributed by atoms with Crippen molar-refractivity contribution in [1.29, 1.82) is 5.26 Å². The number of anilines is 1. The molecule has 0 unspecified atom stereocenters. The topological polar surface area (TPSA) is 119 Å². The Balaban J connectivity index is 1.75. The molecule has 8 heteroatoms. The fourth-order valence-corrected chi connectivity index (χ4v) is 4.12. The van der Waals surface area contributed by atoms with Crippen LogP contribution in [0.25, 0.3) is 6.08 Å². The number of rotatable bonds is 7. The van der Waals surface area contributed by atoms with Crippen LogP contribution in [0.5, 0.6) is 0 Å². The molecule has 3 N–H and O–H groups in total. The van der Waals surface area contributed by atoms with E-state index in [2.05, 4.69) is 21.9 Å². The van der Waals surface area contributed by atoms with Gasteiger partial charge in [-0.15, -0.1) is 0 Å². The van der Waals surface area contributed by atoms with Gasteiger partial charge < -0.3 is 15.6 Å². The van der Waals surface area contributed by atoms with E-state index >= 15 is 0 Å². The SMILES string of the molecule is Cc1cc(/C=C(/C#N)C(=O)Nc2ccn(CCC(N)=O)n2)c(C)n1C1CCCCC1. The zero-order valence-corrected chi connectivity index (χ0v) is 17.5. The molecule has 0 aliphatic heterocycles. The molecule has 1 saturated carbocycles. The van der Waals surface area contributed by atoms with Gasteiger partial charge in [0.1, 0.15) is 11.6 Å². The summed E-state index contributed by atoms with van der Waals surface area (Å²) in [5, 5.41) is 16.4. The molecule has 8 nitrogen and oxygen atoms in total. The Morgan fingerprint density at radius 2 is 2.07 bits per heavy atom. The second-order valence-corrected chi connectivity index (χ2v) is 7.79. The normalized spacial score (nSPS) is 15.0. The molecule has 2 aromatic rings. The second kappa shape index (κ2) is 9.44. The van der Waals surface area contributed by atoms with E-state index in [0.29, 0.717) is 18.4 Å². The number of aryl methyl sites for hydroxylation is 2. The van der Waals surface area contributed by atoms with Crippen LogP contribution in [0.1, 0.15) is 61.5 Å². The highest BCUT2D eigenvalue weighted by Gasteiger charge is 2.20. The Labute approximate surface area is 176 Å². The predicted octanol–water partition coefficient (Wildman–Crippen LogP) is 3.23. The van der Waals surface area contributed by atoms with Gasteiger partial charge in [0.2, 0.25) is 5.91 Å². The zero-order chi connectivity index (χ0) is 21.7. The van der Waals surface area contributed by atoms with Gasteiger partial charge in [0.05, 0.1) is 0 Å². The molecule has 0 spiro atoms. The zero-order valence-electron chi connectivity index (χ0n) is 17.5. The van der Waals surface area contributed by atoms with Gasteiger partial charge in [-0.1, -0.05) is 19.3 Å². The number of carbonyl (C=O) groups is 2. The number of nitrogens with two attached hydrogens (primary N) is 1. The lowest BCUT2D eigenvalue weighted by Crippen LogP contribution is -2.16. The van der Waals surface area contributed by atoms with Crippen molar-refractivity contribution in [3.63, 3.8) is 0 Å². The highest BCUT2D eigenvalue weighted by atomic mass is 16.2. The summed E-state index contributed by atoms with van der Waals surface area (Å²) in [6.45, 7) is 4.45. The van der Waals surface area contributed by atoms with Crippen molar-refractivity contribution >= 4 is 23.7 Å². The van der Waals surface area contributed by atoms with E-state index in [-0.39, 0.29) is 12.0 Å². The van der Waals surface area contributed by atoms with E-state index in [1.807, 2.05) is 19.1 Å². The van der Waals surface area contributed by atoms with Crippen LogP contribution in [0.4, 0.5) is 5.82 Å². The van der Waals surface area contributed by atoms with Gasteiger partial charge in [0.15, 0.2) is 5.82 Å². The summed E-state index contributed by atoms with van der Waals surface area (Å²) in [7, 11) is 0. The third kappa shape index (κ3) is 4.98. The first-order chi connectivity index (χ1) is 14.4. The summed E-state index contributed by atoms with van der Waals surface area (Å²) in [6, 6.07) is 6.14. The first-order valence-electron chi connectivity index (χ1n) is 10.3. The van der Waals surface area contributed by atoms with Crippen molar-refractivity contribution in [2.24, 2.45) is 5.73 Å². The summed E-state index contributed by atoms with van der Waals surface area (Å²) in [5.74, 6) is -0.616. The molecule has 30 heavy (non-hydrogen) atoms. The van der Waals surface area contributed by atoms with Gasteiger partial charge in [-0.25, -0.2) is 0 Å². The van der Waals surface area contributed by atoms with Crippen LogP contribution in [0.2, 0.25) is 0 Å². The van der Waals surface area contributed by atoms with Crippen molar-refractivity contribution in [3.05, 3.63) is 40.9 Å². The smallest absolute Gasteiger partial charge is 0.267 e. The number of amides is 2. The largest absolute Gasteiger partial charge is 0.370 e. The lowest BCUT2D eigenvalue weighted by molar-refractivity contribution is -0.118. The van der Waals surface area contributed by atoms with E-state index in [1.54, 1.807) is 18.3 Å². The molecule has 0 radical (unpaired) electrons. The lowest BCUT2D eigenvalue weighted by Gasteiger charge is -2.26. The molecule has 1 fully saturated rings. The maximum absolute atomic E-state index is 12.6. The van der Waals surface area contributed by atoms with E-state index in [4.69, 9.17) is 5.73 Å². The molecule has 2 aromatic heterocycles. The average Bonchev–Trinajstić information content (AvgIpc) is 3.28. The van der Waals surface area contributed by atoms with E-state index < -0.39 is 11.8 Å². The van der Waals surface area contributed by atoms with Crippen LogP contribution >= 0.6 is 0 Å². The van der Waals surface area contributed by atoms with Gasteiger partial charge in [-0.05, 0) is 44.4 Å². The number of carbonyl (C=O) groups excluding carboxylic acids is 2. The predicted molar refractivity (Wildman–Crippen MR) is 114 cm³/mol. The Morgan fingerprint density at radius 3 is 2.73 bits per heavy atom. The van der Waals surface area contributed by atoms with Crippen LogP contribution < -0.4 is 11.1 Å². The lowest BCUT2D eigenvalue weighted by atomic mass is 9.95. The molecule has 2 heterocycles. The highest BCUT2D eigenvalue weighted by molar-refractivity contribution is 6.09. The van der Waals surface area contributed by atoms with Crippen LogP contribution in [-0.4, -0.2) is 26.2 Å². The van der Waals surface area contributed by atoms with Gasteiger partial charge in [0, 0.05) is 42.7 Å². The first kappa shape index (κ1) is 21.4. The minimum absolute atomic E-state index is 0.0191. The summed E-state index contributed by atoms with van der Waals surface area (Å²) in [5.41, 5.74) is 8.27. The Hall–Kier alpha value is -3.34. The highest BCUT2D eigenvalue weighted by Crippen LogP contribution is 2.32. The number of hydrogen-bond donors (Lipinski definition) is 2. The minimum Gasteiger partial charge on any atom is -0.370 e. The van der Waals surface area contributed by atoms with Crippen molar-refractivity contribution < 1.29 is 9.59 Å². The van der Waals surface area contributed by atoms with Crippen molar-refractivity contribution in [1.82, 2.24) is 14.3 Å². The summed E-state index contributed by atoms with van der Waals surface area (Å²) >= 11 is 0. The van der Waals surface area contributed by atoms with Crippen LogP contribution in [0.3, 0.4) is 0 Å². The number of hydrogen-bond acceptors (Lipinski definition) is 4. The monoisotopic (exact) mass is 408 g/mol. The molecule has 0 saturated heterocycles. The standard InChI is InChI=1S/C22H28N6O2/c1-15-12-17(16(2)28(15)19-6-4-3-5-7-19)13-18(14-23)22(30)25-21-9-11-27(26-21)10-8-20(24)29/h9,11-13,19H,3-8,10H2,1-2H3,(H2,24,29)(H,25,26,30)/b18-13-. The van der Waals surface area contributed by atoms with Gasteiger partial charge in [0.25, 0.3) is 5.91 Å². The third-order valence-corrected chi connectivity index (χ3v) is 5.60. The number of nitrogens with zero attached hydrogens (tertiary/aromatic N) is 4. The van der Waals surface area contributed by atoms with Crippen molar-refractivity contribution in [2.75, 3.05) is 5.32 Å². The number of nitriles is 1. The quantitative estimate of drug-likeness (QED) is 0.540. The molecular weight excluding hydrogens is 380 g/mol. The second-order valence-electron chi connectivity index (χ2n) is 7.79. The average molecular weight is 409 g/mol. The Kier molecular flexibility index (Phi) is 6.72. The van der Waals surface area contributed by atoms with Crippen molar-refractivity contribution in [2.45, 2.75) is 65.0 Å². The van der Waals surface area contributed by atoms with Crippen LogP contribution in [-0.2, 0) is 16.1 Å². The number of aromatic nitrogens is 3. The minimum atomic E-state index is -0.514. The molecule has 3 rings (SSSR count). The third-order valence-electron chi connectivity index (χ3n) is 5.60. The summed E-state index contributed by atoms with van der Waals surface area (Å²) in [4.78, 5) is 23.5. The van der Waals surface area contributed by atoms with Gasteiger partial charge in [-0.3, -0.25) is 14.3 Å². The molecule has 0 aromatic carbocycles. The maximum Gasteiger partial charge on any atom is 0.267 e. The Bertz CT molecular complexity index is 1000. The molecule has 1 aliphatic carbocycles. The molecule has 0 bridgehead atoms. The van der Waals surface area contributed by atoms with Gasteiger partial charge >= 0.3 is 0 Å². The number of primary amides is 1.